The summed E-state index contributed by atoms with van der Waals surface area (Å²) >= 11 is 1.47. The van der Waals surface area contributed by atoms with Crippen molar-refractivity contribution < 1.29 is 14.0 Å². The van der Waals surface area contributed by atoms with Crippen LogP contribution in [0.3, 0.4) is 0 Å². The molecule has 3 aromatic rings. The number of thioether (sulfide) groups is 1. The molecule has 1 aromatic heterocycles. The van der Waals surface area contributed by atoms with Crippen LogP contribution in [-0.2, 0) is 5.75 Å². The highest BCUT2D eigenvalue weighted by molar-refractivity contribution is 7.99. The number of hydrogen-bond acceptors (Lipinski definition) is 4. The summed E-state index contributed by atoms with van der Waals surface area (Å²) in [6.45, 7) is 0. The summed E-state index contributed by atoms with van der Waals surface area (Å²) in [5, 5.41) is 2.48. The molecule has 0 radical (unpaired) electrons. The van der Waals surface area contributed by atoms with Gasteiger partial charge < -0.3 is 0 Å². The first-order chi connectivity index (χ1) is 11.3. The first-order valence-corrected chi connectivity index (χ1v) is 8.25. The van der Waals surface area contributed by atoms with Gasteiger partial charge in [-0.3, -0.25) is 9.32 Å². The molecule has 23 heavy (non-hydrogen) atoms. The molecule has 0 aliphatic rings. The molecule has 0 atom stereocenters. The SMILES string of the molecule is O=C(CSCc1ccccc1)c1c(=O)o[nH][n+]1-c1ccccc1. The van der Waals surface area contributed by atoms with Gasteiger partial charge in [0.2, 0.25) is 11.5 Å². The van der Waals surface area contributed by atoms with Gasteiger partial charge in [-0.2, -0.15) is 0 Å². The number of nitrogens with one attached hydrogen (secondary N) is 1. The van der Waals surface area contributed by atoms with Gasteiger partial charge in [-0.25, -0.2) is 4.79 Å². The summed E-state index contributed by atoms with van der Waals surface area (Å²) in [5.74, 6) is 0.669. The Balaban J connectivity index is 1.73. The van der Waals surface area contributed by atoms with E-state index in [4.69, 9.17) is 4.52 Å². The third-order valence-electron chi connectivity index (χ3n) is 3.27. The molecule has 5 nitrogen and oxygen atoms in total. The van der Waals surface area contributed by atoms with Crippen LogP contribution >= 0.6 is 11.8 Å². The minimum Gasteiger partial charge on any atom is -0.286 e. The van der Waals surface area contributed by atoms with E-state index in [1.165, 1.54) is 16.4 Å². The fraction of sp³-hybridized carbons (Fsp3) is 0.118. The van der Waals surface area contributed by atoms with E-state index in [1.807, 2.05) is 48.5 Å². The van der Waals surface area contributed by atoms with Gasteiger partial charge in [0.25, 0.3) is 0 Å². The van der Waals surface area contributed by atoms with E-state index >= 15 is 0 Å². The van der Waals surface area contributed by atoms with E-state index in [9.17, 15) is 9.59 Å². The number of nitrogens with zero attached hydrogens (tertiary/aromatic N) is 1. The smallest absolute Gasteiger partial charge is 0.286 e. The van der Waals surface area contributed by atoms with Gasteiger partial charge in [-0.15, -0.1) is 11.8 Å². The van der Waals surface area contributed by atoms with Gasteiger partial charge in [0, 0.05) is 17.9 Å². The van der Waals surface area contributed by atoms with Crippen LogP contribution in [0.1, 0.15) is 16.1 Å². The number of benzene rings is 2. The molecular weight excluding hydrogens is 312 g/mol. The predicted molar refractivity (Wildman–Crippen MR) is 87.8 cm³/mol. The van der Waals surface area contributed by atoms with Gasteiger partial charge in [-0.05, 0) is 15.5 Å². The molecule has 2 aromatic carbocycles. The van der Waals surface area contributed by atoms with Crippen molar-refractivity contribution in [2.45, 2.75) is 5.75 Å². The van der Waals surface area contributed by atoms with Gasteiger partial charge >= 0.3 is 11.3 Å². The minimum absolute atomic E-state index is 0.0109. The van der Waals surface area contributed by atoms with Crippen molar-refractivity contribution in [3.63, 3.8) is 0 Å². The van der Waals surface area contributed by atoms with Gasteiger partial charge in [0.1, 0.15) is 0 Å². The molecule has 1 N–H and O–H groups in total. The summed E-state index contributed by atoms with van der Waals surface area (Å²) in [4.78, 5) is 24.2. The van der Waals surface area contributed by atoms with E-state index in [0.29, 0.717) is 11.4 Å². The van der Waals surface area contributed by atoms with Crippen LogP contribution < -0.4 is 10.3 Å². The van der Waals surface area contributed by atoms with Crippen molar-refractivity contribution in [2.75, 3.05) is 5.75 Å². The maximum Gasteiger partial charge on any atom is 0.438 e. The lowest BCUT2D eigenvalue weighted by atomic mass is 10.2. The molecule has 0 spiro atoms. The number of aromatic nitrogens is 2. The zero-order valence-corrected chi connectivity index (χ0v) is 13.1. The lowest BCUT2D eigenvalue weighted by molar-refractivity contribution is -0.672. The average molecular weight is 327 g/mol. The largest absolute Gasteiger partial charge is 0.438 e. The first kappa shape index (κ1) is 15.3. The van der Waals surface area contributed by atoms with Crippen molar-refractivity contribution in [2.24, 2.45) is 0 Å². The third-order valence-corrected chi connectivity index (χ3v) is 4.27. The highest BCUT2D eigenvalue weighted by Gasteiger charge is 2.30. The van der Waals surface area contributed by atoms with Crippen LogP contribution in [0.5, 0.6) is 0 Å². The molecule has 0 saturated heterocycles. The van der Waals surface area contributed by atoms with Crippen molar-refractivity contribution in [3.8, 4) is 5.69 Å². The standard InChI is InChI=1S/C17H14N2O3S/c20-15(12-23-11-13-7-3-1-4-8-13)16-17(21)22-18-19(16)14-9-5-2-6-10-14/h1-10H,11-12H2/p+1. The topological polar surface area (TPSA) is 67.0 Å². The van der Waals surface area contributed by atoms with Crippen molar-refractivity contribution in [1.82, 2.24) is 5.27 Å². The molecule has 6 heteroatoms. The zero-order chi connectivity index (χ0) is 16.1. The van der Waals surface area contributed by atoms with Crippen LogP contribution in [0.25, 0.3) is 5.69 Å². The van der Waals surface area contributed by atoms with Crippen molar-refractivity contribution in [1.29, 1.82) is 0 Å². The number of aromatic amines is 1. The van der Waals surface area contributed by atoms with Crippen LogP contribution in [-0.4, -0.2) is 16.8 Å². The van der Waals surface area contributed by atoms with Gasteiger partial charge in [0.15, 0.2) is 0 Å². The maximum atomic E-state index is 12.4. The Morgan fingerprint density at radius 3 is 2.39 bits per heavy atom. The Labute approximate surface area is 136 Å². The van der Waals surface area contributed by atoms with E-state index < -0.39 is 5.63 Å². The summed E-state index contributed by atoms with van der Waals surface area (Å²) < 4.78 is 6.17. The number of hydrogen-bond donors (Lipinski definition) is 1. The second-order valence-corrected chi connectivity index (χ2v) is 5.89. The second kappa shape index (κ2) is 7.11. The van der Waals surface area contributed by atoms with Crippen molar-refractivity contribution in [3.05, 3.63) is 82.3 Å². The van der Waals surface area contributed by atoms with Crippen LogP contribution in [0.15, 0.2) is 70.0 Å². The number of para-hydroxylation sites is 1. The molecule has 0 fully saturated rings. The fourth-order valence-corrected chi connectivity index (χ4v) is 3.03. The van der Waals surface area contributed by atoms with E-state index in [1.54, 1.807) is 12.1 Å². The summed E-state index contributed by atoms with van der Waals surface area (Å²) in [7, 11) is 0. The van der Waals surface area contributed by atoms with Crippen LogP contribution in [0.4, 0.5) is 0 Å². The molecule has 1 heterocycles. The highest BCUT2D eigenvalue weighted by Crippen LogP contribution is 2.12. The zero-order valence-electron chi connectivity index (χ0n) is 12.3. The lowest BCUT2D eigenvalue weighted by Gasteiger charge is -1.99. The number of Topliss-reactive ketones (excluding diaryl/α,β-unsaturated/α-hetero) is 1. The second-order valence-electron chi connectivity index (χ2n) is 4.90. The third kappa shape index (κ3) is 3.60. The molecule has 0 aliphatic heterocycles. The van der Waals surface area contributed by atoms with Gasteiger partial charge in [-0.1, -0.05) is 48.5 Å². The first-order valence-electron chi connectivity index (χ1n) is 7.09. The Hall–Kier alpha value is -2.60. The van der Waals surface area contributed by atoms with E-state index in [-0.39, 0.29) is 17.2 Å². The van der Waals surface area contributed by atoms with E-state index in [2.05, 4.69) is 5.27 Å². The Bertz CT molecular complexity index is 841. The normalized spacial score (nSPS) is 10.6. The number of carbonyl (C=O) groups excluding carboxylic acids is 1. The molecular formula is C17H15N2O3S+. The Kier molecular flexibility index (Phi) is 4.73. The summed E-state index contributed by atoms with van der Waals surface area (Å²) in [6.07, 6.45) is 0. The monoisotopic (exact) mass is 327 g/mol. The molecule has 116 valence electrons. The Morgan fingerprint density at radius 1 is 1.04 bits per heavy atom. The van der Waals surface area contributed by atoms with Gasteiger partial charge in [0.05, 0.1) is 5.75 Å². The Morgan fingerprint density at radius 2 is 1.70 bits per heavy atom. The molecule has 0 bridgehead atoms. The fourth-order valence-electron chi connectivity index (χ4n) is 2.17. The number of carbonyl (C=O) groups is 1. The number of H-pyrrole nitrogens is 1. The average Bonchev–Trinajstić information content (AvgIpc) is 2.98. The van der Waals surface area contributed by atoms with E-state index in [0.717, 1.165) is 5.56 Å². The maximum absolute atomic E-state index is 12.4. The molecule has 0 unspecified atom stereocenters. The number of rotatable bonds is 6. The van der Waals surface area contributed by atoms with Crippen LogP contribution in [0.2, 0.25) is 0 Å². The van der Waals surface area contributed by atoms with Crippen LogP contribution in [0, 0.1) is 0 Å². The molecule has 0 amide bonds. The quantitative estimate of drug-likeness (QED) is 0.557. The number of ketones is 1. The highest BCUT2D eigenvalue weighted by atomic mass is 32.2. The minimum atomic E-state index is -0.654. The summed E-state index contributed by atoms with van der Waals surface area (Å²) in [5.41, 5.74) is 1.17. The molecule has 3 rings (SSSR count). The summed E-state index contributed by atoms with van der Waals surface area (Å²) in [6, 6.07) is 19.0. The van der Waals surface area contributed by atoms with Crippen molar-refractivity contribution >= 4 is 17.5 Å². The molecule has 0 aliphatic carbocycles. The lowest BCUT2D eigenvalue weighted by Crippen LogP contribution is -2.41. The molecule has 0 saturated carbocycles. The predicted octanol–water partition coefficient (Wildman–Crippen LogP) is 2.36.